The van der Waals surface area contributed by atoms with Crippen LogP contribution in [-0.4, -0.2) is 15.7 Å². The topological polar surface area (TPSA) is 46.9 Å². The van der Waals surface area contributed by atoms with Crippen molar-refractivity contribution >= 4 is 11.6 Å². The predicted molar refractivity (Wildman–Crippen MR) is 71.8 cm³/mol. The normalized spacial score (nSPS) is 10.4. The van der Waals surface area contributed by atoms with Gasteiger partial charge in [-0.2, -0.15) is 5.10 Å². The third kappa shape index (κ3) is 2.27. The molecule has 0 unspecified atom stereocenters. The molecule has 0 atom stereocenters. The Morgan fingerprint density at radius 2 is 2.00 bits per heavy atom. The first-order valence-electron chi connectivity index (χ1n) is 5.87. The zero-order chi connectivity index (χ0) is 13.3. The van der Waals surface area contributed by atoms with Gasteiger partial charge >= 0.3 is 0 Å². The van der Waals surface area contributed by atoms with E-state index >= 15 is 0 Å². The number of anilines is 1. The number of amides is 1. The molecule has 94 valence electrons. The largest absolute Gasteiger partial charge is 0.322 e. The Balaban J connectivity index is 2.27. The molecule has 1 aromatic heterocycles. The summed E-state index contributed by atoms with van der Waals surface area (Å²) >= 11 is 0. The third-order valence-electron chi connectivity index (χ3n) is 3.01. The van der Waals surface area contributed by atoms with Crippen molar-refractivity contribution in [2.24, 2.45) is 7.05 Å². The minimum Gasteiger partial charge on any atom is -0.322 e. The van der Waals surface area contributed by atoms with Gasteiger partial charge in [-0.15, -0.1) is 0 Å². The molecule has 0 saturated heterocycles. The first-order valence-corrected chi connectivity index (χ1v) is 5.87. The average molecular weight is 243 g/mol. The molecule has 0 aliphatic heterocycles. The molecular weight excluding hydrogens is 226 g/mol. The highest BCUT2D eigenvalue weighted by molar-refractivity contribution is 6.05. The van der Waals surface area contributed by atoms with Crippen molar-refractivity contribution in [3.63, 3.8) is 0 Å². The lowest BCUT2D eigenvalue weighted by Crippen LogP contribution is -2.14. The smallest absolute Gasteiger partial charge is 0.259 e. The van der Waals surface area contributed by atoms with Crippen LogP contribution in [0.1, 0.15) is 27.3 Å². The van der Waals surface area contributed by atoms with E-state index < -0.39 is 0 Å². The molecule has 0 aliphatic carbocycles. The summed E-state index contributed by atoms with van der Waals surface area (Å²) in [6, 6.07) is 7.75. The fourth-order valence-electron chi connectivity index (χ4n) is 2.02. The van der Waals surface area contributed by atoms with E-state index in [0.29, 0.717) is 5.56 Å². The maximum absolute atomic E-state index is 12.2. The lowest BCUT2D eigenvalue weighted by Gasteiger charge is -2.06. The summed E-state index contributed by atoms with van der Waals surface area (Å²) in [5, 5.41) is 7.15. The molecule has 1 aromatic carbocycles. The van der Waals surface area contributed by atoms with Crippen molar-refractivity contribution in [3.8, 4) is 0 Å². The Morgan fingerprint density at radius 3 is 2.56 bits per heavy atom. The summed E-state index contributed by atoms with van der Waals surface area (Å²) in [6.45, 7) is 5.74. The molecule has 4 nitrogen and oxygen atoms in total. The Morgan fingerprint density at radius 1 is 1.28 bits per heavy atom. The highest BCUT2D eigenvalue weighted by Crippen LogP contribution is 2.16. The van der Waals surface area contributed by atoms with Gasteiger partial charge in [0, 0.05) is 18.4 Å². The summed E-state index contributed by atoms with van der Waals surface area (Å²) < 4.78 is 1.72. The quantitative estimate of drug-likeness (QED) is 0.881. The maximum atomic E-state index is 12.2. The van der Waals surface area contributed by atoms with Crippen LogP contribution in [-0.2, 0) is 7.05 Å². The van der Waals surface area contributed by atoms with E-state index in [1.807, 2.05) is 52.1 Å². The molecule has 0 aliphatic rings. The molecule has 1 N–H and O–H groups in total. The second-order valence-electron chi connectivity index (χ2n) is 4.49. The van der Waals surface area contributed by atoms with E-state index in [0.717, 1.165) is 22.6 Å². The SMILES string of the molecule is Cc1cccc(NC(=O)c2c(C)nn(C)c2C)c1. The van der Waals surface area contributed by atoms with Gasteiger partial charge in [0.05, 0.1) is 11.3 Å². The van der Waals surface area contributed by atoms with E-state index in [1.54, 1.807) is 4.68 Å². The van der Waals surface area contributed by atoms with Crippen LogP contribution in [0.5, 0.6) is 0 Å². The zero-order valence-corrected chi connectivity index (χ0v) is 11.1. The number of hydrogen-bond donors (Lipinski definition) is 1. The van der Waals surface area contributed by atoms with Crippen LogP contribution in [0.2, 0.25) is 0 Å². The molecule has 0 spiro atoms. The molecule has 0 radical (unpaired) electrons. The van der Waals surface area contributed by atoms with Crippen LogP contribution >= 0.6 is 0 Å². The summed E-state index contributed by atoms with van der Waals surface area (Å²) in [4.78, 5) is 12.2. The average Bonchev–Trinajstić information content (AvgIpc) is 2.53. The van der Waals surface area contributed by atoms with Crippen molar-refractivity contribution in [1.29, 1.82) is 0 Å². The van der Waals surface area contributed by atoms with Crippen LogP contribution in [0.3, 0.4) is 0 Å². The predicted octanol–water partition coefficient (Wildman–Crippen LogP) is 2.60. The van der Waals surface area contributed by atoms with Crippen LogP contribution in [0.4, 0.5) is 5.69 Å². The van der Waals surface area contributed by atoms with Crippen molar-refractivity contribution in [3.05, 3.63) is 46.8 Å². The van der Waals surface area contributed by atoms with Crippen molar-refractivity contribution in [1.82, 2.24) is 9.78 Å². The standard InChI is InChI=1S/C14H17N3O/c1-9-6-5-7-12(8-9)15-14(18)13-10(2)16-17(4)11(13)3/h5-8H,1-4H3,(H,15,18). The van der Waals surface area contributed by atoms with Gasteiger partial charge in [0.1, 0.15) is 0 Å². The second-order valence-corrected chi connectivity index (χ2v) is 4.49. The van der Waals surface area contributed by atoms with Gasteiger partial charge in [-0.1, -0.05) is 12.1 Å². The summed E-state index contributed by atoms with van der Waals surface area (Å²) in [5.74, 6) is -0.108. The molecule has 2 rings (SSSR count). The zero-order valence-electron chi connectivity index (χ0n) is 11.1. The fraction of sp³-hybridized carbons (Fsp3) is 0.286. The molecule has 18 heavy (non-hydrogen) atoms. The van der Waals surface area contributed by atoms with Crippen LogP contribution in [0, 0.1) is 20.8 Å². The fourth-order valence-corrected chi connectivity index (χ4v) is 2.02. The number of aryl methyl sites for hydroxylation is 3. The number of rotatable bonds is 2. The van der Waals surface area contributed by atoms with Crippen LogP contribution < -0.4 is 5.32 Å². The van der Waals surface area contributed by atoms with Gasteiger partial charge in [0.15, 0.2) is 0 Å². The summed E-state index contributed by atoms with van der Waals surface area (Å²) in [6.07, 6.45) is 0. The van der Waals surface area contributed by atoms with Gasteiger partial charge in [-0.05, 0) is 38.5 Å². The number of carbonyl (C=O) groups excluding carboxylic acids is 1. The lowest BCUT2D eigenvalue weighted by molar-refractivity contribution is 0.102. The van der Waals surface area contributed by atoms with Crippen LogP contribution in [0.15, 0.2) is 24.3 Å². The number of nitrogens with one attached hydrogen (secondary N) is 1. The Labute approximate surface area is 107 Å². The van der Waals surface area contributed by atoms with Gasteiger partial charge < -0.3 is 5.32 Å². The molecule has 1 heterocycles. The van der Waals surface area contributed by atoms with E-state index in [4.69, 9.17) is 0 Å². The van der Waals surface area contributed by atoms with Gasteiger partial charge in [-0.25, -0.2) is 0 Å². The van der Waals surface area contributed by atoms with Gasteiger partial charge in [0.25, 0.3) is 5.91 Å². The van der Waals surface area contributed by atoms with Crippen molar-refractivity contribution in [2.45, 2.75) is 20.8 Å². The Kier molecular flexibility index (Phi) is 3.19. The first kappa shape index (κ1) is 12.4. The van der Waals surface area contributed by atoms with E-state index in [9.17, 15) is 4.79 Å². The molecule has 0 fully saturated rings. The lowest BCUT2D eigenvalue weighted by atomic mass is 10.1. The maximum Gasteiger partial charge on any atom is 0.259 e. The minimum absolute atomic E-state index is 0.108. The van der Waals surface area contributed by atoms with E-state index in [-0.39, 0.29) is 5.91 Å². The number of carbonyl (C=O) groups is 1. The molecule has 2 aromatic rings. The molecular formula is C14H17N3O. The highest BCUT2D eigenvalue weighted by Gasteiger charge is 2.17. The first-order chi connectivity index (χ1) is 8.49. The summed E-state index contributed by atoms with van der Waals surface area (Å²) in [5.41, 5.74) is 4.20. The molecule has 4 heteroatoms. The number of nitrogens with zero attached hydrogens (tertiary/aromatic N) is 2. The number of aromatic nitrogens is 2. The monoisotopic (exact) mass is 243 g/mol. The molecule has 0 saturated carbocycles. The van der Waals surface area contributed by atoms with Crippen molar-refractivity contribution < 1.29 is 4.79 Å². The molecule has 0 bridgehead atoms. The molecule has 1 amide bonds. The Hall–Kier alpha value is -2.10. The van der Waals surface area contributed by atoms with E-state index in [2.05, 4.69) is 10.4 Å². The van der Waals surface area contributed by atoms with Gasteiger partial charge in [-0.3, -0.25) is 9.48 Å². The number of hydrogen-bond acceptors (Lipinski definition) is 2. The number of benzene rings is 1. The second kappa shape index (κ2) is 4.64. The van der Waals surface area contributed by atoms with Crippen LogP contribution in [0.25, 0.3) is 0 Å². The van der Waals surface area contributed by atoms with E-state index in [1.165, 1.54) is 0 Å². The summed E-state index contributed by atoms with van der Waals surface area (Å²) in [7, 11) is 1.84. The van der Waals surface area contributed by atoms with Crippen molar-refractivity contribution in [2.75, 3.05) is 5.32 Å². The Bertz CT molecular complexity index is 599. The third-order valence-corrected chi connectivity index (χ3v) is 3.01. The highest BCUT2D eigenvalue weighted by atomic mass is 16.1. The van der Waals surface area contributed by atoms with Gasteiger partial charge in [0.2, 0.25) is 0 Å². The minimum atomic E-state index is -0.108.